The van der Waals surface area contributed by atoms with E-state index in [4.69, 9.17) is 33.2 Å². The molecule has 2 N–H and O–H groups in total. The van der Waals surface area contributed by atoms with Crippen LogP contribution in [0.2, 0.25) is 0 Å². The molecule has 0 aromatic carbocycles. The number of esters is 2. The van der Waals surface area contributed by atoms with Crippen LogP contribution in [0.4, 0.5) is 0 Å². The lowest BCUT2D eigenvalue weighted by Gasteiger charge is -2.25. The van der Waals surface area contributed by atoms with Gasteiger partial charge in [0.15, 0.2) is 0 Å². The van der Waals surface area contributed by atoms with Crippen molar-refractivity contribution in [2.45, 2.75) is 92.4 Å². The zero-order valence-corrected chi connectivity index (χ0v) is 30.5. The average Bonchev–Trinajstić information content (AvgIpc) is 2.97. The van der Waals surface area contributed by atoms with E-state index in [1.807, 2.05) is 23.6 Å². The minimum Gasteiger partial charge on any atom is -0.461 e. The van der Waals surface area contributed by atoms with Gasteiger partial charge >= 0.3 is 11.9 Å². The Morgan fingerprint density at radius 2 is 0.958 bits per heavy atom. The van der Waals surface area contributed by atoms with Crippen LogP contribution in [0, 0.1) is 5.92 Å². The fraction of sp³-hybridized carbons (Fsp3) is 0.879. The number of carbonyl (C=O) groups is 4. The first kappa shape index (κ1) is 43.6. The molecule has 1 fully saturated rings. The molecule has 0 aromatic heterocycles. The largest absolute Gasteiger partial charge is 0.461 e. The SMILES string of the molecule is CC(C)CC(NC(=O)CN1CCOCCOCCN(CC(=O)NC(OC(C)C)C(=O)OC(C)C)CCOCCOCC1)C(=O)OC(C)C. The van der Waals surface area contributed by atoms with Crippen molar-refractivity contribution in [2.24, 2.45) is 5.92 Å². The molecule has 2 amide bonds. The Kier molecular flexibility index (Phi) is 23.2. The molecular weight excluding hydrogens is 628 g/mol. The highest BCUT2D eigenvalue weighted by atomic mass is 16.6. The Morgan fingerprint density at radius 1 is 0.562 bits per heavy atom. The lowest BCUT2D eigenvalue weighted by Crippen LogP contribution is -2.49. The second-order valence-corrected chi connectivity index (χ2v) is 12.9. The molecule has 15 nitrogen and oxygen atoms in total. The van der Waals surface area contributed by atoms with E-state index in [1.165, 1.54) is 0 Å². The van der Waals surface area contributed by atoms with E-state index >= 15 is 0 Å². The summed E-state index contributed by atoms with van der Waals surface area (Å²) in [5.74, 6) is -1.54. The number of hydrogen-bond acceptors (Lipinski definition) is 13. The maximum atomic E-state index is 12.9. The van der Waals surface area contributed by atoms with Crippen molar-refractivity contribution >= 4 is 23.8 Å². The molecule has 280 valence electrons. The second kappa shape index (κ2) is 25.6. The van der Waals surface area contributed by atoms with E-state index in [9.17, 15) is 19.2 Å². The van der Waals surface area contributed by atoms with Crippen LogP contribution >= 0.6 is 0 Å². The third-order valence-electron chi connectivity index (χ3n) is 6.63. The normalized spacial score (nSPS) is 18.6. The molecule has 2 atom stereocenters. The van der Waals surface area contributed by atoms with Crippen molar-refractivity contribution in [2.75, 3.05) is 92.1 Å². The monoisotopic (exact) mass is 690 g/mol. The van der Waals surface area contributed by atoms with Crippen LogP contribution in [-0.2, 0) is 52.3 Å². The van der Waals surface area contributed by atoms with Gasteiger partial charge in [-0.2, -0.15) is 0 Å². The van der Waals surface area contributed by atoms with Gasteiger partial charge in [0.05, 0.1) is 84.3 Å². The quantitative estimate of drug-likeness (QED) is 0.196. The minimum absolute atomic E-state index is 0.00712. The third-order valence-corrected chi connectivity index (χ3v) is 6.63. The van der Waals surface area contributed by atoms with Crippen LogP contribution in [0.3, 0.4) is 0 Å². The predicted molar refractivity (Wildman–Crippen MR) is 178 cm³/mol. The van der Waals surface area contributed by atoms with Crippen LogP contribution in [0.15, 0.2) is 0 Å². The first-order valence-corrected chi connectivity index (χ1v) is 17.2. The van der Waals surface area contributed by atoms with Gasteiger partial charge in [0.25, 0.3) is 0 Å². The van der Waals surface area contributed by atoms with Crippen molar-refractivity contribution in [1.29, 1.82) is 0 Å². The van der Waals surface area contributed by atoms with E-state index < -0.39 is 24.2 Å². The zero-order valence-electron chi connectivity index (χ0n) is 30.5. The van der Waals surface area contributed by atoms with Crippen molar-refractivity contribution in [3.05, 3.63) is 0 Å². The predicted octanol–water partition coefficient (Wildman–Crippen LogP) is 0.972. The molecule has 0 bridgehead atoms. The molecule has 2 unspecified atom stereocenters. The molecular formula is C33H62N4O11. The topological polar surface area (TPSA) is 163 Å². The molecule has 1 aliphatic heterocycles. The molecule has 1 saturated heterocycles. The summed E-state index contributed by atoms with van der Waals surface area (Å²) in [5, 5.41) is 5.47. The van der Waals surface area contributed by atoms with Gasteiger partial charge in [0.1, 0.15) is 6.04 Å². The third kappa shape index (κ3) is 22.3. The van der Waals surface area contributed by atoms with Crippen molar-refractivity contribution in [1.82, 2.24) is 20.4 Å². The van der Waals surface area contributed by atoms with Crippen LogP contribution < -0.4 is 10.6 Å². The Morgan fingerprint density at radius 3 is 1.33 bits per heavy atom. The summed E-state index contributed by atoms with van der Waals surface area (Å²) in [6.45, 7) is 19.3. The maximum absolute atomic E-state index is 12.9. The fourth-order valence-corrected chi connectivity index (χ4v) is 4.51. The highest BCUT2D eigenvalue weighted by molar-refractivity contribution is 5.85. The molecule has 1 heterocycles. The molecule has 0 saturated carbocycles. The van der Waals surface area contributed by atoms with Crippen LogP contribution in [-0.4, -0.2) is 156 Å². The van der Waals surface area contributed by atoms with Gasteiger partial charge in [-0.15, -0.1) is 0 Å². The van der Waals surface area contributed by atoms with Gasteiger partial charge in [-0.05, 0) is 53.9 Å². The number of nitrogens with zero attached hydrogens (tertiary/aromatic N) is 2. The summed E-state index contributed by atoms with van der Waals surface area (Å²) in [5.41, 5.74) is 0. The van der Waals surface area contributed by atoms with Crippen LogP contribution in [0.5, 0.6) is 0 Å². The Labute approximate surface area is 286 Å². The highest BCUT2D eigenvalue weighted by Gasteiger charge is 2.27. The first-order valence-electron chi connectivity index (χ1n) is 17.2. The Balaban J connectivity index is 2.65. The summed E-state index contributed by atoms with van der Waals surface area (Å²) in [6.07, 6.45) is -1.63. The van der Waals surface area contributed by atoms with Gasteiger partial charge < -0.3 is 43.8 Å². The van der Waals surface area contributed by atoms with E-state index in [-0.39, 0.29) is 49.1 Å². The molecule has 1 aliphatic rings. The molecule has 0 aromatic rings. The maximum Gasteiger partial charge on any atom is 0.356 e. The zero-order chi connectivity index (χ0) is 35.9. The summed E-state index contributed by atoms with van der Waals surface area (Å²) in [7, 11) is 0. The lowest BCUT2D eigenvalue weighted by molar-refractivity contribution is -0.168. The van der Waals surface area contributed by atoms with Gasteiger partial charge in [0.2, 0.25) is 18.0 Å². The molecule has 48 heavy (non-hydrogen) atoms. The molecule has 0 aliphatic carbocycles. The number of hydrogen-bond donors (Lipinski definition) is 2. The van der Waals surface area contributed by atoms with E-state index in [0.29, 0.717) is 85.5 Å². The summed E-state index contributed by atoms with van der Waals surface area (Å²) < 4.78 is 39.2. The smallest absolute Gasteiger partial charge is 0.356 e. The van der Waals surface area contributed by atoms with Gasteiger partial charge in [0, 0.05) is 26.2 Å². The van der Waals surface area contributed by atoms with E-state index in [2.05, 4.69) is 10.6 Å². The lowest BCUT2D eigenvalue weighted by atomic mass is 10.0. The van der Waals surface area contributed by atoms with Gasteiger partial charge in [-0.25, -0.2) is 9.59 Å². The number of amides is 2. The van der Waals surface area contributed by atoms with Crippen molar-refractivity contribution in [3.63, 3.8) is 0 Å². The fourth-order valence-electron chi connectivity index (χ4n) is 4.51. The first-order chi connectivity index (χ1) is 22.8. The highest BCUT2D eigenvalue weighted by Crippen LogP contribution is 2.08. The molecule has 15 heteroatoms. The number of ether oxygens (including phenoxy) is 7. The summed E-state index contributed by atoms with van der Waals surface area (Å²) in [4.78, 5) is 54.6. The van der Waals surface area contributed by atoms with E-state index in [0.717, 1.165) is 0 Å². The molecule has 1 rings (SSSR count). The van der Waals surface area contributed by atoms with Crippen molar-refractivity contribution in [3.8, 4) is 0 Å². The Hall–Kier alpha value is -2.40. The standard InChI is InChI=1S/C33H62N4O11/c1-24(2)21-28(32(40)47-26(5)6)34-29(38)22-36-9-13-42-17-19-44-15-11-37(12-16-45-20-18-43-14-10-36)23-30(39)35-31(46-25(3)4)33(41)48-27(7)8/h24-28,31H,9-23H2,1-8H3,(H,34,38)(H,35,39). The second-order valence-electron chi connectivity index (χ2n) is 12.9. The van der Waals surface area contributed by atoms with Gasteiger partial charge in [-0.1, -0.05) is 13.8 Å². The minimum atomic E-state index is -1.21. The van der Waals surface area contributed by atoms with Crippen LogP contribution in [0.25, 0.3) is 0 Å². The number of carbonyl (C=O) groups excluding carboxylic acids is 4. The average molecular weight is 691 g/mol. The Bertz CT molecular complexity index is 828. The number of rotatable bonds is 14. The van der Waals surface area contributed by atoms with Crippen molar-refractivity contribution < 1.29 is 52.3 Å². The molecule has 0 spiro atoms. The summed E-state index contributed by atoms with van der Waals surface area (Å²) in [6, 6.07) is -0.711. The van der Waals surface area contributed by atoms with E-state index in [1.54, 1.807) is 41.5 Å². The van der Waals surface area contributed by atoms with Crippen LogP contribution in [0.1, 0.15) is 61.8 Å². The number of nitrogens with one attached hydrogen (secondary N) is 2. The van der Waals surface area contributed by atoms with Gasteiger partial charge in [-0.3, -0.25) is 19.4 Å². The summed E-state index contributed by atoms with van der Waals surface area (Å²) >= 11 is 0. The molecule has 0 radical (unpaired) electrons.